The van der Waals surface area contributed by atoms with Crippen LogP contribution in [0.1, 0.15) is 25.7 Å². The molecule has 0 aliphatic carbocycles. The average molecular weight is 188 g/mol. The molecular weight excluding hydrogens is 176 g/mol. The van der Waals surface area contributed by atoms with Gasteiger partial charge in [0.25, 0.3) is 0 Å². The second kappa shape index (κ2) is 4.23. The maximum absolute atomic E-state index is 10.2. The molecule has 1 saturated heterocycles. The van der Waals surface area contributed by atoms with Crippen molar-refractivity contribution >= 4 is 11.9 Å². The van der Waals surface area contributed by atoms with E-state index in [0.717, 1.165) is 0 Å². The monoisotopic (exact) mass is 188 g/mol. The first-order valence-electron chi connectivity index (χ1n) is 4.18. The molecule has 2 N–H and O–H groups in total. The topological polar surface area (TPSA) is 87.1 Å². The van der Waals surface area contributed by atoms with Crippen LogP contribution in [-0.4, -0.2) is 34.4 Å². The lowest BCUT2D eigenvalue weighted by atomic mass is 10.1. The second-order valence-corrected chi connectivity index (χ2v) is 3.08. The van der Waals surface area contributed by atoms with Crippen LogP contribution in [0.5, 0.6) is 0 Å². The van der Waals surface area contributed by atoms with E-state index in [1.807, 2.05) is 0 Å². The van der Waals surface area contributed by atoms with Crippen LogP contribution in [-0.2, 0) is 14.3 Å². The summed E-state index contributed by atoms with van der Waals surface area (Å²) in [6.07, 6.45) is 1.09. The van der Waals surface area contributed by atoms with Crippen LogP contribution in [0.2, 0.25) is 0 Å². The molecule has 0 aromatic carbocycles. The first-order valence-corrected chi connectivity index (χ1v) is 4.18. The van der Waals surface area contributed by atoms with Gasteiger partial charge in [0.2, 0.25) is 0 Å². The summed E-state index contributed by atoms with van der Waals surface area (Å²) in [5, 5.41) is 16.7. The summed E-state index contributed by atoms with van der Waals surface area (Å²) in [6.45, 7) is 0. The molecule has 0 radical (unpaired) electrons. The van der Waals surface area contributed by atoms with Crippen molar-refractivity contribution in [1.82, 2.24) is 0 Å². The number of carbonyl (C=O) groups is 2. The Balaban J connectivity index is 2.02. The molecule has 0 amide bonds. The van der Waals surface area contributed by atoms with Gasteiger partial charge in [0.05, 0.1) is 12.2 Å². The number of hydrogen-bond acceptors (Lipinski definition) is 3. The Bertz CT molecular complexity index is 191. The summed E-state index contributed by atoms with van der Waals surface area (Å²) in [4.78, 5) is 20.3. The Labute approximate surface area is 75.3 Å². The average Bonchev–Trinajstić information content (AvgIpc) is 2.76. The third-order valence-electron chi connectivity index (χ3n) is 1.97. The van der Waals surface area contributed by atoms with E-state index in [-0.39, 0.29) is 25.0 Å². The smallest absolute Gasteiger partial charge is 0.303 e. The lowest BCUT2D eigenvalue weighted by Crippen LogP contribution is -2.02. The lowest BCUT2D eigenvalue weighted by Gasteiger charge is -1.91. The Morgan fingerprint density at radius 1 is 1.00 bits per heavy atom. The largest absolute Gasteiger partial charge is 0.481 e. The maximum atomic E-state index is 10.2. The van der Waals surface area contributed by atoms with Crippen LogP contribution in [0.4, 0.5) is 0 Å². The van der Waals surface area contributed by atoms with Gasteiger partial charge in [-0.1, -0.05) is 0 Å². The molecule has 0 bridgehead atoms. The van der Waals surface area contributed by atoms with Gasteiger partial charge in [-0.25, -0.2) is 0 Å². The summed E-state index contributed by atoms with van der Waals surface area (Å²) in [5.74, 6) is -1.68. The molecule has 2 atom stereocenters. The van der Waals surface area contributed by atoms with Gasteiger partial charge in [0.1, 0.15) is 0 Å². The highest BCUT2D eigenvalue weighted by Gasteiger charge is 2.38. The molecule has 0 aromatic heterocycles. The summed E-state index contributed by atoms with van der Waals surface area (Å²) < 4.78 is 5.09. The van der Waals surface area contributed by atoms with E-state index in [1.54, 1.807) is 0 Å². The Hall–Kier alpha value is -1.10. The highest BCUT2D eigenvalue weighted by Crippen LogP contribution is 2.30. The van der Waals surface area contributed by atoms with Gasteiger partial charge in [0.15, 0.2) is 0 Å². The van der Waals surface area contributed by atoms with Crippen molar-refractivity contribution in [2.24, 2.45) is 0 Å². The van der Waals surface area contributed by atoms with Gasteiger partial charge >= 0.3 is 11.9 Å². The van der Waals surface area contributed by atoms with Crippen molar-refractivity contribution in [3.8, 4) is 0 Å². The summed E-state index contributed by atoms with van der Waals surface area (Å²) in [7, 11) is 0. The normalized spacial score (nSPS) is 25.5. The fourth-order valence-corrected chi connectivity index (χ4v) is 1.22. The first kappa shape index (κ1) is 9.98. The first-order chi connectivity index (χ1) is 6.09. The third-order valence-corrected chi connectivity index (χ3v) is 1.97. The van der Waals surface area contributed by atoms with Crippen LogP contribution < -0.4 is 0 Å². The van der Waals surface area contributed by atoms with E-state index in [9.17, 15) is 9.59 Å². The van der Waals surface area contributed by atoms with Crippen molar-refractivity contribution in [3.63, 3.8) is 0 Å². The molecule has 0 aromatic rings. The van der Waals surface area contributed by atoms with Crippen molar-refractivity contribution < 1.29 is 24.5 Å². The molecular formula is C8H12O5. The van der Waals surface area contributed by atoms with Crippen LogP contribution in [0, 0.1) is 0 Å². The highest BCUT2D eigenvalue weighted by atomic mass is 16.6. The van der Waals surface area contributed by atoms with Crippen molar-refractivity contribution in [2.45, 2.75) is 37.9 Å². The van der Waals surface area contributed by atoms with Gasteiger partial charge in [-0.3, -0.25) is 9.59 Å². The zero-order chi connectivity index (χ0) is 9.84. The van der Waals surface area contributed by atoms with Crippen LogP contribution in [0.3, 0.4) is 0 Å². The molecule has 5 heteroatoms. The Morgan fingerprint density at radius 2 is 1.38 bits per heavy atom. The Morgan fingerprint density at radius 3 is 1.69 bits per heavy atom. The highest BCUT2D eigenvalue weighted by molar-refractivity contribution is 5.67. The molecule has 0 spiro atoms. The lowest BCUT2D eigenvalue weighted by molar-refractivity contribution is -0.138. The van der Waals surface area contributed by atoms with Gasteiger partial charge in [-0.05, 0) is 12.8 Å². The van der Waals surface area contributed by atoms with Crippen LogP contribution >= 0.6 is 0 Å². The number of ether oxygens (including phenoxy) is 1. The number of aliphatic carboxylic acids is 2. The summed E-state index contributed by atoms with van der Waals surface area (Å²) >= 11 is 0. The molecule has 1 fully saturated rings. The minimum Gasteiger partial charge on any atom is -0.481 e. The molecule has 1 aliphatic rings. The molecule has 1 aliphatic heterocycles. The zero-order valence-electron chi connectivity index (χ0n) is 7.10. The summed E-state index contributed by atoms with van der Waals surface area (Å²) in [5.41, 5.74) is 0. The van der Waals surface area contributed by atoms with E-state index in [2.05, 4.69) is 0 Å². The predicted octanol–water partition coefficient (Wildman–Crippen LogP) is 0.483. The van der Waals surface area contributed by atoms with Crippen molar-refractivity contribution in [1.29, 1.82) is 0 Å². The molecule has 2 unspecified atom stereocenters. The molecule has 0 saturated carbocycles. The van der Waals surface area contributed by atoms with E-state index in [4.69, 9.17) is 14.9 Å². The minimum atomic E-state index is -0.840. The van der Waals surface area contributed by atoms with Crippen molar-refractivity contribution in [3.05, 3.63) is 0 Å². The van der Waals surface area contributed by atoms with E-state index < -0.39 is 11.9 Å². The van der Waals surface area contributed by atoms with E-state index in [1.165, 1.54) is 0 Å². The van der Waals surface area contributed by atoms with Gasteiger partial charge in [-0.2, -0.15) is 0 Å². The third kappa shape index (κ3) is 3.89. The number of carboxylic acids is 2. The fourth-order valence-electron chi connectivity index (χ4n) is 1.22. The standard InChI is InChI=1S/C8H12O5/c9-7(10)3-1-5-6(13-5)2-4-8(11)12/h5-6H,1-4H2,(H,9,10)(H,11,12). The minimum absolute atomic E-state index is 0.0320. The second-order valence-electron chi connectivity index (χ2n) is 3.08. The molecule has 13 heavy (non-hydrogen) atoms. The van der Waals surface area contributed by atoms with Crippen molar-refractivity contribution in [2.75, 3.05) is 0 Å². The van der Waals surface area contributed by atoms with Gasteiger partial charge < -0.3 is 14.9 Å². The van der Waals surface area contributed by atoms with Gasteiger partial charge in [-0.15, -0.1) is 0 Å². The molecule has 1 rings (SSSR count). The number of carboxylic acid groups (broad SMARTS) is 2. The van der Waals surface area contributed by atoms with Gasteiger partial charge in [0, 0.05) is 12.8 Å². The quantitative estimate of drug-likeness (QED) is 0.592. The number of epoxide rings is 1. The predicted molar refractivity (Wildman–Crippen MR) is 42.4 cm³/mol. The molecule has 1 heterocycles. The van der Waals surface area contributed by atoms with E-state index in [0.29, 0.717) is 12.8 Å². The SMILES string of the molecule is O=C(O)CCC1OC1CCC(=O)O. The summed E-state index contributed by atoms with van der Waals surface area (Å²) in [6, 6.07) is 0. The van der Waals surface area contributed by atoms with Crippen LogP contribution in [0.25, 0.3) is 0 Å². The fraction of sp³-hybridized carbons (Fsp3) is 0.750. The van der Waals surface area contributed by atoms with Crippen LogP contribution in [0.15, 0.2) is 0 Å². The number of rotatable bonds is 6. The zero-order valence-corrected chi connectivity index (χ0v) is 7.10. The maximum Gasteiger partial charge on any atom is 0.303 e. The number of hydrogen-bond donors (Lipinski definition) is 2. The van der Waals surface area contributed by atoms with E-state index >= 15 is 0 Å². The molecule has 5 nitrogen and oxygen atoms in total. The molecule has 74 valence electrons. The Kier molecular flexibility index (Phi) is 3.25.